The molecule has 0 saturated carbocycles. The van der Waals surface area contributed by atoms with Crippen LogP contribution in [-0.4, -0.2) is 42.2 Å². The van der Waals surface area contributed by atoms with Gasteiger partial charge in [0.25, 0.3) is 5.91 Å². The monoisotopic (exact) mass is 419 g/mol. The summed E-state index contributed by atoms with van der Waals surface area (Å²) in [4.78, 5) is 51.2. The van der Waals surface area contributed by atoms with Crippen molar-refractivity contribution < 1.29 is 33.5 Å². The third kappa shape index (κ3) is 7.46. The van der Waals surface area contributed by atoms with E-state index < -0.39 is 12.2 Å². The Labute approximate surface area is 174 Å². The molecule has 0 spiro atoms. The number of carbonyl (C=O) groups is 4. The number of benzene rings is 1. The molecule has 3 amide bonds. The first-order valence-electron chi connectivity index (χ1n) is 9.55. The summed E-state index contributed by atoms with van der Waals surface area (Å²) in [6, 6.07) is 6.27. The SMILES string of the molecule is C=C1CCC(=O)N1OC(=O)OCc1ccc(OC(=O)NCCC(=O)NCCC)cc1. The first kappa shape index (κ1) is 22.7. The number of carbonyl (C=O) groups excluding carboxylic acids is 4. The predicted molar refractivity (Wildman–Crippen MR) is 105 cm³/mol. The molecule has 1 aliphatic rings. The Bertz CT molecular complexity index is 776. The standard InChI is InChI=1S/C20H25N3O7/c1-3-11-21-17(24)10-12-22-19(26)29-16-7-5-15(6-8-16)13-28-20(27)30-23-14(2)4-9-18(23)25/h5-8H,2-4,9-13H2,1H3,(H,21,24)(H,22,26). The minimum Gasteiger partial charge on any atom is -0.428 e. The third-order valence-corrected chi connectivity index (χ3v) is 3.99. The molecule has 0 aliphatic carbocycles. The molecule has 2 rings (SSSR count). The molecule has 1 fully saturated rings. The number of nitrogens with one attached hydrogen (secondary N) is 2. The van der Waals surface area contributed by atoms with E-state index in [2.05, 4.69) is 17.2 Å². The Morgan fingerprint density at radius 3 is 2.47 bits per heavy atom. The van der Waals surface area contributed by atoms with Gasteiger partial charge in [-0.25, -0.2) is 9.59 Å². The van der Waals surface area contributed by atoms with E-state index in [9.17, 15) is 19.2 Å². The summed E-state index contributed by atoms with van der Waals surface area (Å²) in [6.45, 7) is 6.26. The molecule has 30 heavy (non-hydrogen) atoms. The normalized spacial score (nSPS) is 13.0. The minimum atomic E-state index is -1.02. The molecular weight excluding hydrogens is 394 g/mol. The Kier molecular flexibility index (Phi) is 8.67. The van der Waals surface area contributed by atoms with Gasteiger partial charge in [-0.1, -0.05) is 25.6 Å². The molecule has 1 aliphatic heterocycles. The fourth-order valence-electron chi connectivity index (χ4n) is 2.42. The van der Waals surface area contributed by atoms with Crippen molar-refractivity contribution in [3.8, 4) is 5.75 Å². The largest absolute Gasteiger partial charge is 0.534 e. The summed E-state index contributed by atoms with van der Waals surface area (Å²) < 4.78 is 10.1. The highest BCUT2D eigenvalue weighted by atomic mass is 16.8. The molecular formula is C20H25N3O7. The van der Waals surface area contributed by atoms with Crippen LogP contribution in [0.1, 0.15) is 38.2 Å². The van der Waals surface area contributed by atoms with E-state index in [0.29, 0.717) is 24.2 Å². The predicted octanol–water partition coefficient (Wildman–Crippen LogP) is 2.40. The van der Waals surface area contributed by atoms with Crippen molar-refractivity contribution in [2.45, 2.75) is 39.2 Å². The highest BCUT2D eigenvalue weighted by molar-refractivity contribution is 5.81. The van der Waals surface area contributed by atoms with Crippen LogP contribution in [0.4, 0.5) is 9.59 Å². The zero-order valence-electron chi connectivity index (χ0n) is 16.8. The number of nitrogens with zero attached hydrogens (tertiary/aromatic N) is 1. The summed E-state index contributed by atoms with van der Waals surface area (Å²) in [5.41, 5.74) is 1.03. The van der Waals surface area contributed by atoms with Gasteiger partial charge in [0.2, 0.25) is 5.91 Å². The van der Waals surface area contributed by atoms with Gasteiger partial charge in [0.15, 0.2) is 0 Å². The van der Waals surface area contributed by atoms with E-state index in [4.69, 9.17) is 14.3 Å². The zero-order chi connectivity index (χ0) is 21.9. The van der Waals surface area contributed by atoms with Crippen LogP contribution in [0.3, 0.4) is 0 Å². The first-order valence-corrected chi connectivity index (χ1v) is 9.55. The van der Waals surface area contributed by atoms with Gasteiger partial charge in [-0.05, 0) is 30.5 Å². The second kappa shape index (κ2) is 11.4. The van der Waals surface area contributed by atoms with Crippen molar-refractivity contribution in [1.82, 2.24) is 15.7 Å². The van der Waals surface area contributed by atoms with Crippen molar-refractivity contribution in [2.24, 2.45) is 0 Å². The summed E-state index contributed by atoms with van der Waals surface area (Å²) in [6.07, 6.45) is -0.00861. The zero-order valence-corrected chi connectivity index (χ0v) is 16.8. The lowest BCUT2D eigenvalue weighted by atomic mass is 10.2. The molecule has 1 aromatic rings. The minimum absolute atomic E-state index is 0.0906. The summed E-state index contributed by atoms with van der Waals surface area (Å²) in [5, 5.41) is 6.03. The summed E-state index contributed by atoms with van der Waals surface area (Å²) >= 11 is 0. The van der Waals surface area contributed by atoms with Crippen LogP contribution < -0.4 is 15.4 Å². The summed E-state index contributed by atoms with van der Waals surface area (Å²) in [5.74, 6) is -0.204. The molecule has 2 N–H and O–H groups in total. The average Bonchev–Trinajstić information content (AvgIpc) is 3.03. The molecule has 0 radical (unpaired) electrons. The topological polar surface area (TPSA) is 123 Å². The van der Waals surface area contributed by atoms with Crippen LogP contribution in [0.5, 0.6) is 5.75 Å². The first-order chi connectivity index (χ1) is 14.4. The van der Waals surface area contributed by atoms with E-state index in [1.807, 2.05) is 6.92 Å². The second-order valence-corrected chi connectivity index (χ2v) is 6.44. The van der Waals surface area contributed by atoms with E-state index in [0.717, 1.165) is 11.5 Å². The van der Waals surface area contributed by atoms with Gasteiger partial charge in [0.05, 0.1) is 5.70 Å². The van der Waals surface area contributed by atoms with Crippen molar-refractivity contribution in [3.63, 3.8) is 0 Å². The molecule has 0 atom stereocenters. The van der Waals surface area contributed by atoms with Crippen LogP contribution in [-0.2, 0) is 25.8 Å². The van der Waals surface area contributed by atoms with Crippen molar-refractivity contribution in [3.05, 3.63) is 42.1 Å². The van der Waals surface area contributed by atoms with E-state index in [1.54, 1.807) is 12.1 Å². The van der Waals surface area contributed by atoms with Gasteiger partial charge >= 0.3 is 12.2 Å². The number of allylic oxidation sites excluding steroid dienone is 1. The Balaban J connectivity index is 1.68. The van der Waals surface area contributed by atoms with Crippen LogP contribution in [0.25, 0.3) is 0 Å². The fraction of sp³-hybridized carbons (Fsp3) is 0.400. The van der Waals surface area contributed by atoms with Crippen LogP contribution in [0.2, 0.25) is 0 Å². The average molecular weight is 419 g/mol. The van der Waals surface area contributed by atoms with Gasteiger partial charge in [-0.2, -0.15) is 0 Å². The second-order valence-electron chi connectivity index (χ2n) is 6.44. The van der Waals surface area contributed by atoms with Crippen molar-refractivity contribution in [2.75, 3.05) is 13.1 Å². The Morgan fingerprint density at radius 2 is 1.83 bits per heavy atom. The molecule has 1 heterocycles. The molecule has 1 aromatic carbocycles. The van der Waals surface area contributed by atoms with Gasteiger partial charge in [0, 0.05) is 25.9 Å². The van der Waals surface area contributed by atoms with E-state index in [-0.39, 0.29) is 43.6 Å². The number of hydrogen-bond acceptors (Lipinski definition) is 7. The quantitative estimate of drug-likeness (QED) is 0.589. The third-order valence-electron chi connectivity index (χ3n) is 3.99. The highest BCUT2D eigenvalue weighted by Gasteiger charge is 2.28. The molecule has 0 unspecified atom stereocenters. The van der Waals surface area contributed by atoms with Gasteiger partial charge in [0.1, 0.15) is 12.4 Å². The van der Waals surface area contributed by atoms with Crippen LogP contribution in [0, 0.1) is 0 Å². The number of rotatable bonds is 9. The van der Waals surface area contributed by atoms with Crippen LogP contribution >= 0.6 is 0 Å². The maximum atomic E-state index is 11.7. The highest BCUT2D eigenvalue weighted by Crippen LogP contribution is 2.21. The van der Waals surface area contributed by atoms with E-state index >= 15 is 0 Å². The molecule has 10 nitrogen and oxygen atoms in total. The lowest BCUT2D eigenvalue weighted by Gasteiger charge is -2.15. The maximum absolute atomic E-state index is 11.7. The smallest absolute Gasteiger partial charge is 0.428 e. The van der Waals surface area contributed by atoms with Gasteiger partial charge < -0.3 is 20.1 Å². The number of hydroxylamine groups is 2. The molecule has 1 saturated heterocycles. The number of hydrogen-bond donors (Lipinski definition) is 2. The van der Waals surface area contributed by atoms with Crippen molar-refractivity contribution in [1.29, 1.82) is 0 Å². The van der Waals surface area contributed by atoms with Crippen molar-refractivity contribution >= 4 is 24.1 Å². The fourth-order valence-corrected chi connectivity index (χ4v) is 2.42. The van der Waals surface area contributed by atoms with Crippen LogP contribution in [0.15, 0.2) is 36.5 Å². The molecule has 10 heteroatoms. The molecule has 0 aromatic heterocycles. The van der Waals surface area contributed by atoms with Gasteiger partial charge in [-0.3, -0.25) is 14.4 Å². The lowest BCUT2D eigenvalue weighted by molar-refractivity contribution is -0.158. The molecule has 162 valence electrons. The number of ether oxygens (including phenoxy) is 2. The number of amides is 3. The maximum Gasteiger partial charge on any atom is 0.534 e. The molecule has 0 bridgehead atoms. The Morgan fingerprint density at radius 1 is 1.10 bits per heavy atom. The van der Waals surface area contributed by atoms with E-state index in [1.165, 1.54) is 12.1 Å². The Hall–Kier alpha value is -3.56. The lowest BCUT2D eigenvalue weighted by Crippen LogP contribution is -2.32. The summed E-state index contributed by atoms with van der Waals surface area (Å²) in [7, 11) is 0. The van der Waals surface area contributed by atoms with Gasteiger partial charge in [-0.15, -0.1) is 5.06 Å².